The van der Waals surface area contributed by atoms with Crippen molar-refractivity contribution in [2.24, 2.45) is 5.10 Å². The number of benzene rings is 1. The molecular weight excluding hydrogens is 382 g/mol. The summed E-state index contributed by atoms with van der Waals surface area (Å²) in [6.07, 6.45) is 5.69. The van der Waals surface area contributed by atoms with E-state index in [0.29, 0.717) is 0 Å². The molecular formula is C20H20F2N4OS. The summed E-state index contributed by atoms with van der Waals surface area (Å²) in [4.78, 5) is 12.9. The molecule has 8 heteroatoms. The zero-order chi connectivity index (χ0) is 20.7. The number of Topliss-reactive ketones (excluding diaryl/α,β-unsaturated/α-hetero) is 1. The number of anilines is 1. The molecule has 1 unspecified atom stereocenters. The number of nitrogens with zero attached hydrogens (tertiary/aromatic N) is 2. The summed E-state index contributed by atoms with van der Waals surface area (Å²) in [5.74, 6) is -2.86. The first kappa shape index (κ1) is 21.4. The predicted molar refractivity (Wildman–Crippen MR) is 109 cm³/mol. The van der Waals surface area contributed by atoms with E-state index < -0.39 is 23.0 Å². The van der Waals surface area contributed by atoms with Crippen LogP contribution in [-0.2, 0) is 0 Å². The summed E-state index contributed by atoms with van der Waals surface area (Å²) in [6.45, 7) is 7.76. The Labute approximate surface area is 167 Å². The van der Waals surface area contributed by atoms with E-state index in [1.54, 1.807) is 0 Å². The molecule has 5 nitrogen and oxygen atoms in total. The van der Waals surface area contributed by atoms with Gasteiger partial charge in [0.15, 0.2) is 5.82 Å². The van der Waals surface area contributed by atoms with Gasteiger partial charge in [-0.15, -0.1) is 0 Å². The summed E-state index contributed by atoms with van der Waals surface area (Å²) < 4.78 is 32.1. The molecule has 2 N–H and O–H groups in total. The minimum atomic E-state index is -0.983. The first-order valence-electron chi connectivity index (χ1n) is 8.63. The summed E-state index contributed by atoms with van der Waals surface area (Å²) >= 11 is 1.31. The summed E-state index contributed by atoms with van der Waals surface area (Å²) in [5, 5.41) is 13.0. The summed E-state index contributed by atoms with van der Waals surface area (Å²) in [5.41, 5.74) is 1.98. The lowest BCUT2D eigenvalue weighted by Crippen LogP contribution is -2.15. The molecule has 0 aliphatic carbocycles. The molecule has 0 radical (unpaired) electrons. The second-order valence-corrected chi connectivity index (χ2v) is 7.36. The van der Waals surface area contributed by atoms with Gasteiger partial charge in [0.2, 0.25) is 5.78 Å². The van der Waals surface area contributed by atoms with E-state index in [4.69, 9.17) is 5.26 Å². The third-order valence-corrected chi connectivity index (χ3v) is 4.90. The van der Waals surface area contributed by atoms with Crippen LogP contribution >= 0.6 is 11.9 Å². The number of nitrogens with one attached hydrogen (secondary N) is 2. The Hall–Kier alpha value is -2.92. The molecule has 0 aromatic heterocycles. The van der Waals surface area contributed by atoms with Gasteiger partial charge in [-0.2, -0.15) is 10.4 Å². The highest BCUT2D eigenvalue weighted by molar-refractivity contribution is 8.01. The van der Waals surface area contributed by atoms with E-state index >= 15 is 0 Å². The van der Waals surface area contributed by atoms with E-state index in [0.717, 1.165) is 18.9 Å². The monoisotopic (exact) mass is 402 g/mol. The van der Waals surface area contributed by atoms with Gasteiger partial charge in [0.1, 0.15) is 11.9 Å². The van der Waals surface area contributed by atoms with Crippen molar-refractivity contribution >= 4 is 29.6 Å². The average Bonchev–Trinajstić information content (AvgIpc) is 2.64. The van der Waals surface area contributed by atoms with Crippen LogP contribution < -0.4 is 10.1 Å². The predicted octanol–water partition coefficient (Wildman–Crippen LogP) is 4.88. The van der Waals surface area contributed by atoms with Crippen LogP contribution in [-0.4, -0.2) is 17.2 Å². The van der Waals surface area contributed by atoms with Crippen LogP contribution in [0.3, 0.4) is 0 Å². The van der Waals surface area contributed by atoms with Crippen LogP contribution in [0.2, 0.25) is 0 Å². The summed E-state index contributed by atoms with van der Waals surface area (Å²) in [6, 6.07) is 4.18. The molecule has 1 aromatic carbocycles. The number of carbonyl (C=O) groups excluding carboxylic acids is 1. The Bertz CT molecular complexity index is 916. The molecule has 0 spiro atoms. The molecule has 2 rings (SSSR count). The van der Waals surface area contributed by atoms with Gasteiger partial charge in [-0.05, 0) is 42.2 Å². The van der Waals surface area contributed by atoms with Crippen LogP contribution in [0.25, 0.3) is 0 Å². The fourth-order valence-electron chi connectivity index (χ4n) is 2.48. The Kier molecular flexibility index (Phi) is 7.52. The van der Waals surface area contributed by atoms with Crippen LogP contribution in [0.15, 0.2) is 52.8 Å². The molecule has 0 bridgehead atoms. The molecule has 1 heterocycles. The molecule has 28 heavy (non-hydrogen) atoms. The van der Waals surface area contributed by atoms with Gasteiger partial charge in [-0.3, -0.25) is 10.2 Å². The highest BCUT2D eigenvalue weighted by Crippen LogP contribution is 2.29. The van der Waals surface area contributed by atoms with Crippen molar-refractivity contribution in [3.63, 3.8) is 0 Å². The van der Waals surface area contributed by atoms with E-state index in [-0.39, 0.29) is 27.7 Å². The van der Waals surface area contributed by atoms with Gasteiger partial charge < -0.3 is 4.72 Å². The lowest BCUT2D eigenvalue weighted by molar-refractivity contribution is 0.102. The van der Waals surface area contributed by atoms with Gasteiger partial charge in [-0.1, -0.05) is 26.8 Å². The maximum Gasteiger partial charge on any atom is 0.201 e. The zero-order valence-corrected chi connectivity index (χ0v) is 16.4. The molecule has 1 aliphatic heterocycles. The normalized spacial score (nSPS) is 19.6. The minimum absolute atomic E-state index is 0.0222. The molecule has 0 amide bonds. The Morgan fingerprint density at radius 2 is 2.21 bits per heavy atom. The standard InChI is InChI=1S/C20H20F2N4OS/c1-4-5-13(3)28-26-17-7-6-16(21)18(19(17)22)20(27)15-11-25-24-10-14(9-23)8-12(15)2/h6-8,10-11,13,25-26H,2,4-5H2,1,3H3/b14-8-,15-11+,24-10-. The van der Waals surface area contributed by atoms with Crippen LogP contribution in [0.5, 0.6) is 0 Å². The van der Waals surface area contributed by atoms with Gasteiger partial charge in [0.05, 0.1) is 23.0 Å². The number of allylic oxidation sites excluding steroid dienone is 4. The van der Waals surface area contributed by atoms with Crippen molar-refractivity contribution in [1.29, 1.82) is 5.26 Å². The quantitative estimate of drug-likeness (QED) is 0.502. The van der Waals surface area contributed by atoms with Crippen molar-refractivity contribution in [3.8, 4) is 6.07 Å². The maximum absolute atomic E-state index is 14.9. The van der Waals surface area contributed by atoms with Gasteiger partial charge in [0, 0.05) is 17.0 Å². The SMILES string of the molecule is C=C1/C=C(C#N)\C=N/N/C=C\1C(=O)c1c(F)ccc(NSC(C)CCC)c1F. The molecule has 1 aromatic rings. The number of carbonyl (C=O) groups is 1. The van der Waals surface area contributed by atoms with E-state index in [2.05, 4.69) is 21.8 Å². The number of hydrogen-bond acceptors (Lipinski definition) is 6. The van der Waals surface area contributed by atoms with Crippen LogP contribution in [0, 0.1) is 23.0 Å². The number of ketones is 1. The van der Waals surface area contributed by atoms with Crippen molar-refractivity contribution in [2.75, 3.05) is 4.72 Å². The molecule has 0 fully saturated rings. The van der Waals surface area contributed by atoms with Crippen LogP contribution in [0.4, 0.5) is 14.5 Å². The Balaban J connectivity index is 2.36. The summed E-state index contributed by atoms with van der Waals surface area (Å²) in [7, 11) is 0. The zero-order valence-electron chi connectivity index (χ0n) is 15.6. The largest absolute Gasteiger partial charge is 0.327 e. The minimum Gasteiger partial charge on any atom is -0.327 e. The third-order valence-electron chi connectivity index (χ3n) is 3.92. The molecule has 1 atom stereocenters. The first-order valence-corrected chi connectivity index (χ1v) is 9.51. The fourth-order valence-corrected chi connectivity index (χ4v) is 3.32. The Morgan fingerprint density at radius 1 is 1.46 bits per heavy atom. The van der Waals surface area contributed by atoms with Crippen LogP contribution in [0.1, 0.15) is 37.0 Å². The number of hydrazone groups is 1. The molecule has 146 valence electrons. The first-order chi connectivity index (χ1) is 13.4. The van der Waals surface area contributed by atoms with Gasteiger partial charge in [0.25, 0.3) is 0 Å². The second kappa shape index (κ2) is 9.85. The van der Waals surface area contributed by atoms with Crippen molar-refractivity contribution in [2.45, 2.75) is 31.9 Å². The van der Waals surface area contributed by atoms with Crippen molar-refractivity contribution < 1.29 is 13.6 Å². The number of halogens is 2. The second-order valence-electron chi connectivity index (χ2n) is 6.11. The lowest BCUT2D eigenvalue weighted by Gasteiger charge is -2.15. The molecule has 1 aliphatic rings. The average molecular weight is 402 g/mol. The number of nitriles is 1. The number of rotatable bonds is 7. The van der Waals surface area contributed by atoms with Crippen molar-refractivity contribution in [3.05, 3.63) is 64.9 Å². The lowest BCUT2D eigenvalue weighted by atomic mass is 9.95. The molecule has 0 saturated carbocycles. The highest BCUT2D eigenvalue weighted by atomic mass is 32.2. The topological polar surface area (TPSA) is 77.3 Å². The maximum atomic E-state index is 14.9. The highest BCUT2D eigenvalue weighted by Gasteiger charge is 2.25. The van der Waals surface area contributed by atoms with Gasteiger partial charge >= 0.3 is 0 Å². The molecule has 0 saturated heterocycles. The van der Waals surface area contributed by atoms with Gasteiger partial charge in [-0.25, -0.2) is 8.78 Å². The fraction of sp³-hybridized carbons (Fsp3) is 0.250. The van der Waals surface area contributed by atoms with E-state index in [1.165, 1.54) is 36.5 Å². The number of hydrogen-bond donors (Lipinski definition) is 2. The Morgan fingerprint density at radius 3 is 2.89 bits per heavy atom. The third kappa shape index (κ3) is 5.08. The smallest absolute Gasteiger partial charge is 0.201 e. The van der Waals surface area contributed by atoms with E-state index in [1.807, 2.05) is 19.9 Å². The van der Waals surface area contributed by atoms with Crippen molar-refractivity contribution in [1.82, 2.24) is 5.43 Å². The van der Waals surface area contributed by atoms with E-state index in [9.17, 15) is 13.6 Å².